The smallest absolute Gasteiger partial charge is 0.276 e. The van der Waals surface area contributed by atoms with Crippen LogP contribution in [0.4, 0.5) is 14.5 Å². The third-order valence-corrected chi connectivity index (χ3v) is 5.64. The predicted octanol–water partition coefficient (Wildman–Crippen LogP) is 2.08. The van der Waals surface area contributed by atoms with Gasteiger partial charge in [0.1, 0.15) is 11.6 Å². The fourth-order valence-corrected chi connectivity index (χ4v) is 4.41. The molecular formula is C15H15F2N3O3S. The van der Waals surface area contributed by atoms with Gasteiger partial charge in [-0.15, -0.1) is 0 Å². The van der Waals surface area contributed by atoms with Crippen molar-refractivity contribution in [3.63, 3.8) is 0 Å². The third-order valence-electron chi connectivity index (χ3n) is 3.89. The SMILES string of the molecule is Cc1cc(C(=O)Nc2ccc(F)cc2F)nn1C1CCS(=O)(=O)C1. The Morgan fingerprint density at radius 1 is 1.33 bits per heavy atom. The van der Waals surface area contributed by atoms with Crippen LogP contribution in [0.25, 0.3) is 0 Å². The number of rotatable bonds is 3. The molecule has 6 nitrogen and oxygen atoms in total. The number of benzene rings is 1. The lowest BCUT2D eigenvalue weighted by molar-refractivity contribution is 0.102. The van der Waals surface area contributed by atoms with Crippen molar-refractivity contribution in [2.45, 2.75) is 19.4 Å². The van der Waals surface area contributed by atoms with E-state index in [2.05, 4.69) is 10.4 Å². The largest absolute Gasteiger partial charge is 0.318 e. The number of anilines is 1. The van der Waals surface area contributed by atoms with Gasteiger partial charge in [-0.25, -0.2) is 17.2 Å². The first-order valence-electron chi connectivity index (χ1n) is 7.28. The second-order valence-corrected chi connectivity index (χ2v) is 7.98. The van der Waals surface area contributed by atoms with Gasteiger partial charge in [0, 0.05) is 11.8 Å². The van der Waals surface area contributed by atoms with E-state index in [0.717, 1.165) is 12.1 Å². The highest BCUT2D eigenvalue weighted by atomic mass is 32.2. The highest BCUT2D eigenvalue weighted by Crippen LogP contribution is 2.25. The quantitative estimate of drug-likeness (QED) is 0.914. The van der Waals surface area contributed by atoms with Gasteiger partial charge in [-0.2, -0.15) is 5.10 Å². The maximum atomic E-state index is 13.6. The molecule has 0 spiro atoms. The van der Waals surface area contributed by atoms with Crippen molar-refractivity contribution in [1.29, 1.82) is 0 Å². The molecule has 3 rings (SSSR count). The Bertz CT molecular complexity index is 909. The fraction of sp³-hybridized carbons (Fsp3) is 0.333. The van der Waals surface area contributed by atoms with E-state index in [1.54, 1.807) is 6.92 Å². The molecule has 2 heterocycles. The summed E-state index contributed by atoms with van der Waals surface area (Å²) in [4.78, 5) is 12.2. The number of halogens is 2. The summed E-state index contributed by atoms with van der Waals surface area (Å²) in [5, 5.41) is 6.47. The number of amides is 1. The lowest BCUT2D eigenvalue weighted by Crippen LogP contribution is -2.17. The van der Waals surface area contributed by atoms with Crippen LogP contribution in [-0.4, -0.2) is 35.6 Å². The maximum Gasteiger partial charge on any atom is 0.276 e. The van der Waals surface area contributed by atoms with E-state index in [4.69, 9.17) is 0 Å². The van der Waals surface area contributed by atoms with Gasteiger partial charge in [0.15, 0.2) is 15.5 Å². The summed E-state index contributed by atoms with van der Waals surface area (Å²) in [6.07, 6.45) is 0.443. The second-order valence-electron chi connectivity index (χ2n) is 5.75. The Balaban J connectivity index is 1.80. The number of nitrogens with one attached hydrogen (secondary N) is 1. The minimum atomic E-state index is -3.08. The lowest BCUT2D eigenvalue weighted by Gasteiger charge is -2.10. The molecule has 0 saturated carbocycles. The van der Waals surface area contributed by atoms with Crippen molar-refractivity contribution >= 4 is 21.4 Å². The van der Waals surface area contributed by atoms with E-state index in [1.165, 1.54) is 10.7 Å². The van der Waals surface area contributed by atoms with Crippen molar-refractivity contribution in [2.24, 2.45) is 0 Å². The van der Waals surface area contributed by atoms with Crippen LogP contribution in [-0.2, 0) is 9.84 Å². The predicted molar refractivity (Wildman–Crippen MR) is 83.6 cm³/mol. The molecule has 1 amide bonds. The van der Waals surface area contributed by atoms with E-state index in [0.29, 0.717) is 18.2 Å². The average Bonchev–Trinajstić information content (AvgIpc) is 3.04. The van der Waals surface area contributed by atoms with E-state index < -0.39 is 27.4 Å². The van der Waals surface area contributed by atoms with Crippen LogP contribution in [0, 0.1) is 18.6 Å². The van der Waals surface area contributed by atoms with Crippen molar-refractivity contribution in [1.82, 2.24) is 9.78 Å². The zero-order valence-corrected chi connectivity index (χ0v) is 13.6. The van der Waals surface area contributed by atoms with Gasteiger partial charge in [0.05, 0.1) is 23.2 Å². The zero-order valence-electron chi connectivity index (χ0n) is 12.8. The summed E-state index contributed by atoms with van der Waals surface area (Å²) in [5.41, 5.74) is 0.527. The van der Waals surface area contributed by atoms with Gasteiger partial charge in [0.2, 0.25) is 0 Å². The van der Waals surface area contributed by atoms with Crippen LogP contribution in [0.1, 0.15) is 28.6 Å². The van der Waals surface area contributed by atoms with E-state index >= 15 is 0 Å². The Morgan fingerprint density at radius 3 is 2.71 bits per heavy atom. The number of aromatic nitrogens is 2. The van der Waals surface area contributed by atoms with Gasteiger partial charge in [0.25, 0.3) is 5.91 Å². The molecule has 1 aliphatic heterocycles. The van der Waals surface area contributed by atoms with Crippen LogP contribution in [0.5, 0.6) is 0 Å². The average molecular weight is 355 g/mol. The molecule has 1 aromatic carbocycles. The Morgan fingerprint density at radius 2 is 2.08 bits per heavy atom. The molecule has 1 saturated heterocycles. The molecule has 0 aliphatic carbocycles. The molecule has 1 aliphatic rings. The number of nitrogens with zero attached hydrogens (tertiary/aromatic N) is 2. The standard InChI is InChI=1S/C15H15F2N3O3S/c1-9-6-14(19-20(9)11-4-5-24(22,23)8-11)15(21)18-13-3-2-10(16)7-12(13)17/h2-3,6-7,11H,4-5,8H2,1H3,(H,18,21). The van der Waals surface area contributed by atoms with E-state index in [9.17, 15) is 22.0 Å². The normalized spacial score (nSPS) is 19.4. The summed E-state index contributed by atoms with van der Waals surface area (Å²) < 4.78 is 51.2. The van der Waals surface area contributed by atoms with Crippen molar-refractivity contribution in [3.05, 3.63) is 47.3 Å². The minimum absolute atomic E-state index is 0.0107. The van der Waals surface area contributed by atoms with Crippen LogP contribution in [0.3, 0.4) is 0 Å². The Hall–Kier alpha value is -2.29. The molecule has 128 valence electrons. The maximum absolute atomic E-state index is 13.6. The number of hydrogen-bond donors (Lipinski definition) is 1. The van der Waals surface area contributed by atoms with Crippen molar-refractivity contribution in [2.75, 3.05) is 16.8 Å². The molecule has 1 fully saturated rings. The molecule has 1 aromatic heterocycles. The molecule has 1 atom stereocenters. The topological polar surface area (TPSA) is 81.1 Å². The van der Waals surface area contributed by atoms with Gasteiger partial charge < -0.3 is 5.32 Å². The third kappa shape index (κ3) is 3.30. The fourth-order valence-electron chi connectivity index (χ4n) is 2.71. The number of hydrogen-bond acceptors (Lipinski definition) is 4. The van der Waals surface area contributed by atoms with Crippen LogP contribution < -0.4 is 5.32 Å². The number of carbonyl (C=O) groups excluding carboxylic acids is 1. The number of aryl methyl sites for hydroxylation is 1. The Kier molecular flexibility index (Phi) is 4.12. The van der Waals surface area contributed by atoms with Crippen LogP contribution in [0.2, 0.25) is 0 Å². The second kappa shape index (κ2) is 5.97. The highest BCUT2D eigenvalue weighted by molar-refractivity contribution is 7.91. The van der Waals surface area contributed by atoms with Gasteiger partial charge in [-0.05, 0) is 31.5 Å². The monoisotopic (exact) mass is 355 g/mol. The first kappa shape index (κ1) is 16.6. The van der Waals surface area contributed by atoms with Crippen molar-refractivity contribution < 1.29 is 22.0 Å². The van der Waals surface area contributed by atoms with Gasteiger partial charge >= 0.3 is 0 Å². The lowest BCUT2D eigenvalue weighted by atomic mass is 10.2. The van der Waals surface area contributed by atoms with E-state index in [1.807, 2.05) is 0 Å². The summed E-state index contributed by atoms with van der Waals surface area (Å²) in [5.74, 6) is -2.19. The molecule has 1 unspecified atom stereocenters. The number of sulfone groups is 1. The molecule has 0 radical (unpaired) electrons. The molecule has 1 N–H and O–H groups in total. The molecule has 0 bridgehead atoms. The van der Waals surface area contributed by atoms with Crippen LogP contribution in [0.15, 0.2) is 24.3 Å². The van der Waals surface area contributed by atoms with Crippen molar-refractivity contribution in [3.8, 4) is 0 Å². The van der Waals surface area contributed by atoms with Gasteiger partial charge in [-0.3, -0.25) is 9.48 Å². The first-order chi connectivity index (χ1) is 11.2. The summed E-state index contributed by atoms with van der Waals surface area (Å²) in [7, 11) is -3.08. The molecular weight excluding hydrogens is 340 g/mol. The molecule has 9 heteroatoms. The summed E-state index contributed by atoms with van der Waals surface area (Å²) in [6, 6.07) is 4.02. The zero-order chi connectivity index (χ0) is 17.5. The molecule has 24 heavy (non-hydrogen) atoms. The Labute approximate surface area is 137 Å². The van der Waals surface area contributed by atoms with Gasteiger partial charge in [-0.1, -0.05) is 0 Å². The summed E-state index contributed by atoms with van der Waals surface area (Å²) in [6.45, 7) is 1.72. The highest BCUT2D eigenvalue weighted by Gasteiger charge is 2.31. The van der Waals surface area contributed by atoms with E-state index in [-0.39, 0.29) is 28.9 Å². The first-order valence-corrected chi connectivity index (χ1v) is 9.10. The van der Waals surface area contributed by atoms with Crippen LogP contribution >= 0.6 is 0 Å². The number of carbonyl (C=O) groups is 1. The summed E-state index contributed by atoms with van der Waals surface area (Å²) >= 11 is 0. The molecule has 2 aromatic rings. The minimum Gasteiger partial charge on any atom is -0.318 e.